The van der Waals surface area contributed by atoms with Gasteiger partial charge < -0.3 is 10.6 Å². The number of allylic oxidation sites excluding steroid dienone is 1. The molecule has 0 aromatic carbocycles. The molecule has 0 saturated heterocycles. The van der Waals surface area contributed by atoms with E-state index in [0.717, 1.165) is 13.0 Å². The van der Waals surface area contributed by atoms with Gasteiger partial charge in [-0.1, -0.05) is 6.08 Å². The van der Waals surface area contributed by atoms with Gasteiger partial charge in [-0.3, -0.25) is 0 Å². The Morgan fingerprint density at radius 1 is 1.54 bits per heavy atom. The second kappa shape index (κ2) is 5.66. The lowest BCUT2D eigenvalue weighted by Crippen LogP contribution is -2.35. The molecule has 74 valence electrons. The van der Waals surface area contributed by atoms with Crippen molar-refractivity contribution in [3.63, 3.8) is 0 Å². The summed E-state index contributed by atoms with van der Waals surface area (Å²) in [6.45, 7) is 5.03. The zero-order chi connectivity index (χ0) is 10.3. The molecule has 2 nitrogen and oxygen atoms in total. The molecule has 0 saturated carbocycles. The van der Waals surface area contributed by atoms with Crippen LogP contribution in [0.3, 0.4) is 0 Å². The third-order valence-electron chi connectivity index (χ3n) is 1.70. The van der Waals surface area contributed by atoms with Crippen molar-refractivity contribution in [2.45, 2.75) is 32.2 Å². The van der Waals surface area contributed by atoms with Gasteiger partial charge in [-0.15, -0.1) is 12.3 Å². The standard InChI is InChI=1S/C11H20N2/c1-5-6-7-9-13(4)10-8-11(2,3)12/h1,7,9H,6,8,10,12H2,2-4H3/b9-7-. The molecule has 0 aromatic rings. The highest BCUT2D eigenvalue weighted by Crippen LogP contribution is 2.04. The molecule has 0 aromatic heterocycles. The van der Waals surface area contributed by atoms with E-state index in [1.165, 1.54) is 0 Å². The highest BCUT2D eigenvalue weighted by Gasteiger charge is 2.09. The maximum absolute atomic E-state index is 5.86. The number of rotatable bonds is 5. The van der Waals surface area contributed by atoms with Crippen LogP contribution in [0.5, 0.6) is 0 Å². The average molecular weight is 180 g/mol. The first-order valence-corrected chi connectivity index (χ1v) is 4.55. The second-order valence-corrected chi connectivity index (χ2v) is 4.01. The molecule has 0 bridgehead atoms. The van der Waals surface area contributed by atoms with E-state index in [-0.39, 0.29) is 5.54 Å². The number of terminal acetylenes is 1. The topological polar surface area (TPSA) is 29.3 Å². The molecule has 0 radical (unpaired) electrons. The number of nitrogens with zero attached hydrogens (tertiary/aromatic N) is 1. The van der Waals surface area contributed by atoms with E-state index in [1.54, 1.807) is 0 Å². The van der Waals surface area contributed by atoms with Gasteiger partial charge in [0.2, 0.25) is 0 Å². The van der Waals surface area contributed by atoms with Gasteiger partial charge in [-0.05, 0) is 26.5 Å². The van der Waals surface area contributed by atoms with E-state index >= 15 is 0 Å². The van der Waals surface area contributed by atoms with Crippen LogP contribution in [-0.2, 0) is 0 Å². The molecule has 0 aliphatic heterocycles. The molecule has 2 N–H and O–H groups in total. The van der Waals surface area contributed by atoms with E-state index in [0.29, 0.717) is 6.42 Å². The van der Waals surface area contributed by atoms with Crippen molar-refractivity contribution >= 4 is 0 Å². The average Bonchev–Trinajstić information content (AvgIpc) is 2.00. The predicted octanol–water partition coefficient (Wildman–Crippen LogP) is 1.58. The smallest absolute Gasteiger partial charge is 0.0283 e. The maximum atomic E-state index is 5.86. The van der Waals surface area contributed by atoms with E-state index in [1.807, 2.05) is 33.2 Å². The van der Waals surface area contributed by atoms with Crippen molar-refractivity contribution in [3.05, 3.63) is 12.3 Å². The van der Waals surface area contributed by atoms with Crippen LogP contribution in [-0.4, -0.2) is 24.0 Å². The minimum Gasteiger partial charge on any atom is -0.381 e. The summed E-state index contributed by atoms with van der Waals surface area (Å²) < 4.78 is 0. The molecule has 0 aliphatic carbocycles. The SMILES string of the molecule is C#CC/C=C\N(C)CCC(C)(C)N. The Hall–Kier alpha value is -0.940. The second-order valence-electron chi connectivity index (χ2n) is 4.01. The summed E-state index contributed by atoms with van der Waals surface area (Å²) in [5.41, 5.74) is 5.77. The molecule has 0 heterocycles. The maximum Gasteiger partial charge on any atom is 0.0283 e. The zero-order valence-corrected chi connectivity index (χ0v) is 8.88. The van der Waals surface area contributed by atoms with Gasteiger partial charge in [0.25, 0.3) is 0 Å². The van der Waals surface area contributed by atoms with Crippen LogP contribution in [0.2, 0.25) is 0 Å². The van der Waals surface area contributed by atoms with Crippen molar-refractivity contribution < 1.29 is 0 Å². The van der Waals surface area contributed by atoms with Gasteiger partial charge in [-0.2, -0.15) is 0 Å². The lowest BCUT2D eigenvalue weighted by atomic mass is 10.0. The third-order valence-corrected chi connectivity index (χ3v) is 1.70. The van der Waals surface area contributed by atoms with Crippen molar-refractivity contribution in [2.24, 2.45) is 5.73 Å². The Labute approximate surface area is 81.8 Å². The van der Waals surface area contributed by atoms with Crippen molar-refractivity contribution in [1.82, 2.24) is 4.90 Å². The molecule has 2 heteroatoms. The van der Waals surface area contributed by atoms with Crippen molar-refractivity contribution in [1.29, 1.82) is 0 Å². The Bertz CT molecular complexity index is 193. The molecule has 0 fully saturated rings. The lowest BCUT2D eigenvalue weighted by Gasteiger charge is -2.22. The van der Waals surface area contributed by atoms with Crippen molar-refractivity contribution in [3.8, 4) is 12.3 Å². The van der Waals surface area contributed by atoms with Crippen LogP contribution in [0, 0.1) is 12.3 Å². The van der Waals surface area contributed by atoms with Crippen LogP contribution < -0.4 is 5.73 Å². The Morgan fingerprint density at radius 3 is 2.62 bits per heavy atom. The molecule has 0 aliphatic rings. The molecule has 0 unspecified atom stereocenters. The summed E-state index contributed by atoms with van der Waals surface area (Å²) in [5.74, 6) is 2.56. The molecule has 0 rings (SSSR count). The molecular formula is C11H20N2. The largest absolute Gasteiger partial charge is 0.381 e. The fourth-order valence-electron chi connectivity index (χ4n) is 0.840. The van der Waals surface area contributed by atoms with E-state index in [9.17, 15) is 0 Å². The zero-order valence-electron chi connectivity index (χ0n) is 8.88. The summed E-state index contributed by atoms with van der Waals surface area (Å²) in [6, 6.07) is 0. The molecule has 13 heavy (non-hydrogen) atoms. The Morgan fingerprint density at radius 2 is 2.15 bits per heavy atom. The summed E-state index contributed by atoms with van der Waals surface area (Å²) >= 11 is 0. The Balaban J connectivity index is 3.64. The van der Waals surface area contributed by atoms with Gasteiger partial charge in [0.1, 0.15) is 0 Å². The fourth-order valence-corrected chi connectivity index (χ4v) is 0.840. The van der Waals surface area contributed by atoms with Gasteiger partial charge in [0.15, 0.2) is 0 Å². The minimum absolute atomic E-state index is 0.0891. The third kappa shape index (κ3) is 8.97. The number of hydrogen-bond donors (Lipinski definition) is 1. The van der Waals surface area contributed by atoms with E-state index in [2.05, 4.69) is 10.8 Å². The van der Waals surface area contributed by atoms with Crippen LogP contribution in [0.25, 0.3) is 0 Å². The van der Waals surface area contributed by atoms with Gasteiger partial charge >= 0.3 is 0 Å². The summed E-state index contributed by atoms with van der Waals surface area (Å²) in [7, 11) is 2.03. The minimum atomic E-state index is -0.0891. The normalized spacial score (nSPS) is 11.6. The van der Waals surface area contributed by atoms with Gasteiger partial charge in [-0.25, -0.2) is 0 Å². The van der Waals surface area contributed by atoms with Crippen LogP contribution >= 0.6 is 0 Å². The molecule has 0 amide bonds. The van der Waals surface area contributed by atoms with Crippen molar-refractivity contribution in [2.75, 3.05) is 13.6 Å². The monoisotopic (exact) mass is 180 g/mol. The summed E-state index contributed by atoms with van der Waals surface area (Å²) in [4.78, 5) is 2.10. The van der Waals surface area contributed by atoms with Gasteiger partial charge in [0.05, 0.1) is 0 Å². The molecular weight excluding hydrogens is 160 g/mol. The number of hydrogen-bond acceptors (Lipinski definition) is 2. The summed E-state index contributed by atoms with van der Waals surface area (Å²) in [5, 5.41) is 0. The first-order chi connectivity index (χ1) is 5.95. The number of nitrogens with two attached hydrogens (primary N) is 1. The van der Waals surface area contributed by atoms with Crippen LogP contribution in [0.1, 0.15) is 26.7 Å². The molecule has 0 atom stereocenters. The van der Waals surface area contributed by atoms with E-state index < -0.39 is 0 Å². The first kappa shape index (κ1) is 12.1. The summed E-state index contributed by atoms with van der Waals surface area (Å²) in [6.07, 6.45) is 10.8. The quantitative estimate of drug-likeness (QED) is 0.651. The van der Waals surface area contributed by atoms with Crippen LogP contribution in [0.15, 0.2) is 12.3 Å². The van der Waals surface area contributed by atoms with E-state index in [4.69, 9.17) is 12.2 Å². The Kier molecular flexibility index (Phi) is 5.25. The van der Waals surface area contributed by atoms with Crippen LogP contribution in [0.4, 0.5) is 0 Å². The van der Waals surface area contributed by atoms with Gasteiger partial charge in [0, 0.05) is 25.6 Å². The predicted molar refractivity (Wildman–Crippen MR) is 58.1 cm³/mol. The molecule has 0 spiro atoms. The fraction of sp³-hybridized carbons (Fsp3) is 0.636. The lowest BCUT2D eigenvalue weighted by molar-refractivity contribution is 0.370. The first-order valence-electron chi connectivity index (χ1n) is 4.55. The highest BCUT2D eigenvalue weighted by atomic mass is 15.1. The highest BCUT2D eigenvalue weighted by molar-refractivity contribution is 4.95.